The van der Waals surface area contributed by atoms with Crippen LogP contribution < -0.4 is 10.1 Å². The molecule has 0 saturated carbocycles. The predicted molar refractivity (Wildman–Crippen MR) is 103 cm³/mol. The van der Waals surface area contributed by atoms with E-state index in [1.54, 1.807) is 0 Å². The first-order chi connectivity index (χ1) is 14.8. The summed E-state index contributed by atoms with van der Waals surface area (Å²) in [6.07, 6.45) is 3.22. The molecular weight excluding hydrogens is 445 g/mol. The van der Waals surface area contributed by atoms with E-state index >= 15 is 0 Å². The van der Waals surface area contributed by atoms with Gasteiger partial charge in [-0.05, 0) is 25.9 Å². The number of esters is 1. The molecule has 170 valence electrons. The topological polar surface area (TPSA) is 63.7 Å². The molecule has 0 bridgehead atoms. The summed E-state index contributed by atoms with van der Waals surface area (Å²) in [5.74, 6) is -14.0. The molecule has 1 N–H and O–H groups in total. The fourth-order valence-corrected chi connectivity index (χ4v) is 4.04. The fraction of sp³-hybridized carbons (Fsp3) is 0.474. The molecule has 1 saturated heterocycles. The highest BCUT2D eigenvalue weighted by molar-refractivity contribution is 7.14. The molecule has 0 unspecified atom stereocenters. The van der Waals surface area contributed by atoms with Gasteiger partial charge in [-0.3, -0.25) is 4.90 Å². The van der Waals surface area contributed by atoms with Crippen LogP contribution in [0, 0.1) is 29.1 Å². The monoisotopic (exact) mass is 465 g/mol. The SMILES string of the molecule is COCCNc1nc(CN2CCCCC2)sc1C(=O)Oc1c(F)c(F)c(F)c(F)c1F. The Kier molecular flexibility index (Phi) is 7.79. The molecular formula is C19H20F5N3O3S. The summed E-state index contributed by atoms with van der Waals surface area (Å²) in [6, 6.07) is 0. The third-order valence-electron chi connectivity index (χ3n) is 4.63. The number of ether oxygens (including phenoxy) is 2. The van der Waals surface area contributed by atoms with Crippen LogP contribution in [0.4, 0.5) is 27.8 Å². The molecule has 0 aliphatic carbocycles. The van der Waals surface area contributed by atoms with Crippen molar-refractivity contribution >= 4 is 23.1 Å². The Morgan fingerprint density at radius 2 is 1.65 bits per heavy atom. The number of nitrogens with zero attached hydrogens (tertiary/aromatic N) is 2. The van der Waals surface area contributed by atoms with Crippen molar-refractivity contribution in [2.75, 3.05) is 38.7 Å². The Hall–Kier alpha value is -2.31. The third-order valence-corrected chi connectivity index (χ3v) is 5.65. The van der Waals surface area contributed by atoms with Crippen LogP contribution in [0.2, 0.25) is 0 Å². The average Bonchev–Trinajstić information content (AvgIpc) is 3.17. The number of hydrogen-bond acceptors (Lipinski definition) is 7. The van der Waals surface area contributed by atoms with Gasteiger partial charge in [0, 0.05) is 13.7 Å². The van der Waals surface area contributed by atoms with E-state index in [2.05, 4.69) is 19.9 Å². The quantitative estimate of drug-likeness (QED) is 0.158. The van der Waals surface area contributed by atoms with Crippen molar-refractivity contribution in [3.63, 3.8) is 0 Å². The number of benzene rings is 1. The van der Waals surface area contributed by atoms with Crippen LogP contribution in [0.3, 0.4) is 0 Å². The van der Waals surface area contributed by atoms with Crippen molar-refractivity contribution in [2.45, 2.75) is 25.8 Å². The Labute approximate surface area is 179 Å². The molecule has 1 fully saturated rings. The molecule has 1 aliphatic heterocycles. The zero-order valence-corrected chi connectivity index (χ0v) is 17.4. The van der Waals surface area contributed by atoms with Crippen LogP contribution in [0.25, 0.3) is 0 Å². The number of piperidine rings is 1. The van der Waals surface area contributed by atoms with Gasteiger partial charge in [-0.15, -0.1) is 11.3 Å². The van der Waals surface area contributed by atoms with Crippen molar-refractivity contribution < 1.29 is 36.2 Å². The second kappa shape index (κ2) is 10.3. The van der Waals surface area contributed by atoms with Crippen molar-refractivity contribution in [1.29, 1.82) is 0 Å². The predicted octanol–water partition coefficient (Wildman–Crippen LogP) is 4.10. The molecule has 31 heavy (non-hydrogen) atoms. The molecule has 3 rings (SSSR count). The number of thiazole rings is 1. The minimum Gasteiger partial charge on any atom is -0.416 e. The minimum atomic E-state index is -2.33. The summed E-state index contributed by atoms with van der Waals surface area (Å²) in [5.41, 5.74) is 0. The fourth-order valence-electron chi connectivity index (χ4n) is 3.08. The van der Waals surface area contributed by atoms with Crippen LogP contribution in [-0.4, -0.2) is 49.2 Å². The van der Waals surface area contributed by atoms with E-state index in [1.165, 1.54) is 7.11 Å². The number of rotatable bonds is 8. The maximum absolute atomic E-state index is 13.9. The summed E-state index contributed by atoms with van der Waals surface area (Å²) in [7, 11) is 1.48. The lowest BCUT2D eigenvalue weighted by Crippen LogP contribution is -2.29. The van der Waals surface area contributed by atoms with E-state index in [4.69, 9.17) is 4.74 Å². The van der Waals surface area contributed by atoms with E-state index in [-0.39, 0.29) is 23.8 Å². The standard InChI is InChI=1S/C19H20F5N3O3S/c1-29-8-5-25-18-17(31-10(26-18)9-27-6-3-2-4-7-27)19(28)30-16-14(23)12(21)11(20)13(22)15(16)24/h25H,2-9H2,1H3. The lowest BCUT2D eigenvalue weighted by Gasteiger charge is -2.25. The highest BCUT2D eigenvalue weighted by atomic mass is 32.1. The molecule has 2 aromatic rings. The number of carbonyl (C=O) groups is 1. The van der Waals surface area contributed by atoms with E-state index in [1.807, 2.05) is 0 Å². The van der Waals surface area contributed by atoms with E-state index in [0.717, 1.165) is 43.7 Å². The number of anilines is 1. The maximum Gasteiger partial charge on any atom is 0.357 e. The van der Waals surface area contributed by atoms with Crippen LogP contribution in [0.15, 0.2) is 0 Å². The lowest BCUT2D eigenvalue weighted by molar-refractivity contribution is 0.0721. The number of hydrogen-bond donors (Lipinski definition) is 1. The zero-order valence-electron chi connectivity index (χ0n) is 16.6. The van der Waals surface area contributed by atoms with Gasteiger partial charge in [0.1, 0.15) is 5.01 Å². The molecule has 6 nitrogen and oxygen atoms in total. The van der Waals surface area contributed by atoms with E-state index < -0.39 is 40.8 Å². The molecule has 0 amide bonds. The number of carbonyl (C=O) groups excluding carboxylic acids is 1. The van der Waals surface area contributed by atoms with Crippen LogP contribution in [-0.2, 0) is 11.3 Å². The summed E-state index contributed by atoms with van der Waals surface area (Å²) < 4.78 is 77.3. The number of nitrogens with one attached hydrogen (secondary N) is 1. The van der Waals surface area contributed by atoms with Gasteiger partial charge in [-0.25, -0.2) is 22.9 Å². The van der Waals surface area contributed by atoms with Gasteiger partial charge in [-0.1, -0.05) is 6.42 Å². The Morgan fingerprint density at radius 1 is 1.03 bits per heavy atom. The first-order valence-electron chi connectivity index (χ1n) is 9.52. The van der Waals surface area contributed by atoms with Crippen LogP contribution in [0.5, 0.6) is 5.75 Å². The first kappa shape index (κ1) is 23.4. The molecule has 12 heteroatoms. The lowest BCUT2D eigenvalue weighted by atomic mass is 10.1. The number of methoxy groups -OCH3 is 1. The van der Waals surface area contributed by atoms with Gasteiger partial charge in [0.25, 0.3) is 0 Å². The van der Waals surface area contributed by atoms with E-state index in [9.17, 15) is 26.7 Å². The van der Waals surface area contributed by atoms with Gasteiger partial charge in [0.05, 0.1) is 13.2 Å². The third kappa shape index (κ3) is 5.31. The van der Waals surface area contributed by atoms with Crippen LogP contribution in [0.1, 0.15) is 33.9 Å². The zero-order chi connectivity index (χ0) is 22.5. The Balaban J connectivity index is 1.86. The number of halogens is 5. The molecule has 0 atom stereocenters. The van der Waals surface area contributed by atoms with Gasteiger partial charge in [0.2, 0.25) is 34.8 Å². The number of likely N-dealkylation sites (tertiary alicyclic amines) is 1. The van der Waals surface area contributed by atoms with Crippen molar-refractivity contribution in [3.05, 3.63) is 39.0 Å². The highest BCUT2D eigenvalue weighted by Crippen LogP contribution is 2.32. The smallest absolute Gasteiger partial charge is 0.357 e. The summed E-state index contributed by atoms with van der Waals surface area (Å²) in [4.78, 5) is 18.9. The molecule has 0 radical (unpaired) electrons. The largest absolute Gasteiger partial charge is 0.416 e. The van der Waals surface area contributed by atoms with Crippen molar-refractivity contribution in [3.8, 4) is 5.75 Å². The second-order valence-electron chi connectivity index (χ2n) is 6.83. The van der Waals surface area contributed by atoms with Gasteiger partial charge in [0.15, 0.2) is 10.7 Å². The van der Waals surface area contributed by atoms with Gasteiger partial charge >= 0.3 is 5.97 Å². The maximum atomic E-state index is 13.9. The summed E-state index contributed by atoms with van der Waals surface area (Å²) in [5, 5.41) is 3.41. The Morgan fingerprint density at radius 3 is 2.26 bits per heavy atom. The summed E-state index contributed by atoms with van der Waals surface area (Å²) >= 11 is 0.925. The van der Waals surface area contributed by atoms with Gasteiger partial charge in [-0.2, -0.15) is 8.78 Å². The average molecular weight is 465 g/mol. The highest BCUT2D eigenvalue weighted by Gasteiger charge is 2.30. The normalized spacial score (nSPS) is 14.6. The van der Waals surface area contributed by atoms with Gasteiger partial charge < -0.3 is 14.8 Å². The van der Waals surface area contributed by atoms with Crippen molar-refractivity contribution in [2.24, 2.45) is 0 Å². The molecule has 2 heterocycles. The molecule has 1 aliphatic rings. The second-order valence-corrected chi connectivity index (χ2v) is 7.91. The van der Waals surface area contributed by atoms with E-state index in [0.29, 0.717) is 11.6 Å². The molecule has 0 spiro atoms. The first-order valence-corrected chi connectivity index (χ1v) is 10.3. The molecule has 1 aromatic carbocycles. The number of aromatic nitrogens is 1. The minimum absolute atomic E-state index is 0.0860. The summed E-state index contributed by atoms with van der Waals surface area (Å²) in [6.45, 7) is 2.75. The molecule has 1 aromatic heterocycles. The van der Waals surface area contributed by atoms with Crippen molar-refractivity contribution in [1.82, 2.24) is 9.88 Å². The Bertz CT molecular complexity index is 921. The van der Waals surface area contributed by atoms with Crippen LogP contribution >= 0.6 is 11.3 Å².